The molecule has 5 rings (SSSR count). The van der Waals surface area contributed by atoms with Crippen molar-refractivity contribution in [3.05, 3.63) is 31.0 Å². The second-order valence-corrected chi connectivity index (χ2v) is 9.42. The smallest absolute Gasteiger partial charge is 0.321 e. The van der Waals surface area contributed by atoms with E-state index in [9.17, 15) is 4.79 Å². The number of aryl methyl sites for hydroxylation is 1. The Morgan fingerprint density at radius 1 is 1.27 bits per heavy atom. The van der Waals surface area contributed by atoms with Gasteiger partial charge in [-0.05, 0) is 29.7 Å². The van der Waals surface area contributed by atoms with Crippen molar-refractivity contribution in [1.82, 2.24) is 29.6 Å². The van der Waals surface area contributed by atoms with Crippen LogP contribution in [0.3, 0.4) is 0 Å². The van der Waals surface area contributed by atoms with Crippen LogP contribution in [-0.4, -0.2) is 61.8 Å². The third-order valence-electron chi connectivity index (χ3n) is 7.37. The third kappa shape index (κ3) is 2.83. The molecule has 0 radical (unpaired) electrons. The molecule has 3 atom stereocenters. The number of carbonyl (C=O) groups excluding carboxylic acids is 1. The molecule has 2 N–H and O–H groups in total. The first-order chi connectivity index (χ1) is 14.3. The van der Waals surface area contributed by atoms with Crippen LogP contribution in [0.5, 0.6) is 0 Å². The Labute approximate surface area is 175 Å². The molecule has 2 amide bonds. The predicted molar refractivity (Wildman–Crippen MR) is 115 cm³/mol. The molecule has 9 nitrogen and oxygen atoms in total. The Morgan fingerprint density at radius 3 is 2.67 bits per heavy atom. The molecule has 0 unspecified atom stereocenters. The first-order valence-electron chi connectivity index (χ1n) is 10.3. The quantitative estimate of drug-likeness (QED) is 0.695. The van der Waals surface area contributed by atoms with Crippen LogP contribution in [0.25, 0.3) is 11.0 Å². The standard InChI is InChI=1S/C21H28N8O/c1-20-7-15(28(4)18-16-5-6-22-17(16)23-13-24-18)8-21(20,2)12-29(11-20)19(30)26-14-9-25-27(3)10-14/h5-6,9-10,13,15H,7-8,11-12H2,1-4H3,(H,26,30)(H,22,23,24)/t15-,20+,21-. The van der Waals surface area contributed by atoms with E-state index in [4.69, 9.17) is 0 Å². The van der Waals surface area contributed by atoms with Crippen molar-refractivity contribution >= 4 is 28.6 Å². The fraction of sp³-hybridized carbons (Fsp3) is 0.524. The average molecular weight is 409 g/mol. The molecule has 1 aliphatic heterocycles. The second kappa shape index (κ2) is 6.45. The van der Waals surface area contributed by atoms with Gasteiger partial charge in [-0.1, -0.05) is 13.8 Å². The summed E-state index contributed by atoms with van der Waals surface area (Å²) in [5.41, 5.74) is 1.71. The van der Waals surface area contributed by atoms with E-state index in [2.05, 4.69) is 51.2 Å². The monoisotopic (exact) mass is 408 g/mol. The Bertz CT molecular complexity index is 1090. The van der Waals surface area contributed by atoms with E-state index in [-0.39, 0.29) is 16.9 Å². The van der Waals surface area contributed by atoms with Gasteiger partial charge in [0, 0.05) is 45.6 Å². The highest BCUT2D eigenvalue weighted by Crippen LogP contribution is 2.58. The van der Waals surface area contributed by atoms with E-state index < -0.39 is 0 Å². The number of likely N-dealkylation sites (tertiary alicyclic amines) is 1. The first-order valence-corrected chi connectivity index (χ1v) is 10.3. The molecule has 3 aromatic rings. The van der Waals surface area contributed by atoms with E-state index in [1.165, 1.54) is 0 Å². The van der Waals surface area contributed by atoms with Crippen molar-refractivity contribution in [2.75, 3.05) is 30.4 Å². The fourth-order valence-electron chi connectivity index (χ4n) is 5.43. The molecule has 1 saturated carbocycles. The Balaban J connectivity index is 1.32. The number of amides is 2. The molecular formula is C21H28N8O. The van der Waals surface area contributed by atoms with Crippen LogP contribution in [0.4, 0.5) is 16.3 Å². The van der Waals surface area contributed by atoms with Crippen LogP contribution in [0.1, 0.15) is 26.7 Å². The zero-order valence-electron chi connectivity index (χ0n) is 17.9. The average Bonchev–Trinajstić information content (AvgIpc) is 3.42. The number of nitrogens with one attached hydrogen (secondary N) is 2. The number of urea groups is 1. The van der Waals surface area contributed by atoms with Crippen molar-refractivity contribution in [3.63, 3.8) is 0 Å². The summed E-state index contributed by atoms with van der Waals surface area (Å²) in [6.07, 6.45) is 9.05. The minimum Gasteiger partial charge on any atom is -0.356 e. The first kappa shape index (κ1) is 18.9. The summed E-state index contributed by atoms with van der Waals surface area (Å²) >= 11 is 0. The number of aromatic amines is 1. The highest BCUT2D eigenvalue weighted by molar-refractivity contribution is 5.89. The Morgan fingerprint density at radius 2 is 2.00 bits per heavy atom. The Kier molecular flexibility index (Phi) is 4.06. The van der Waals surface area contributed by atoms with E-state index in [0.29, 0.717) is 6.04 Å². The van der Waals surface area contributed by atoms with E-state index in [0.717, 1.165) is 48.5 Å². The van der Waals surface area contributed by atoms with Crippen molar-refractivity contribution in [2.24, 2.45) is 17.9 Å². The van der Waals surface area contributed by atoms with Gasteiger partial charge in [0.1, 0.15) is 17.8 Å². The largest absolute Gasteiger partial charge is 0.356 e. The summed E-state index contributed by atoms with van der Waals surface area (Å²) in [4.78, 5) is 29.1. The number of hydrogen-bond donors (Lipinski definition) is 2. The molecule has 3 aromatic heterocycles. The fourth-order valence-corrected chi connectivity index (χ4v) is 5.43. The third-order valence-corrected chi connectivity index (χ3v) is 7.37. The summed E-state index contributed by atoms with van der Waals surface area (Å²) in [6, 6.07) is 2.36. The minimum absolute atomic E-state index is 0.0467. The van der Waals surface area contributed by atoms with Crippen LogP contribution in [0, 0.1) is 10.8 Å². The zero-order valence-corrected chi connectivity index (χ0v) is 17.9. The number of carbonyl (C=O) groups is 1. The number of fused-ring (bicyclic) bond motifs is 2. The highest BCUT2D eigenvalue weighted by atomic mass is 16.2. The lowest BCUT2D eigenvalue weighted by Gasteiger charge is -2.31. The molecule has 158 valence electrons. The van der Waals surface area contributed by atoms with Gasteiger partial charge in [-0.15, -0.1) is 0 Å². The summed E-state index contributed by atoms with van der Waals surface area (Å²) in [5, 5.41) is 8.15. The minimum atomic E-state index is -0.0467. The maximum absolute atomic E-state index is 12.8. The van der Waals surface area contributed by atoms with Gasteiger partial charge in [0.05, 0.1) is 17.3 Å². The van der Waals surface area contributed by atoms with Gasteiger partial charge in [-0.25, -0.2) is 14.8 Å². The van der Waals surface area contributed by atoms with Crippen LogP contribution >= 0.6 is 0 Å². The van der Waals surface area contributed by atoms with Crippen molar-refractivity contribution in [1.29, 1.82) is 0 Å². The maximum atomic E-state index is 12.8. The van der Waals surface area contributed by atoms with Gasteiger partial charge in [-0.2, -0.15) is 5.10 Å². The zero-order chi connectivity index (χ0) is 21.1. The number of rotatable bonds is 3. The van der Waals surface area contributed by atoms with Gasteiger partial charge in [-0.3, -0.25) is 4.68 Å². The molecule has 30 heavy (non-hydrogen) atoms. The summed E-state index contributed by atoms with van der Waals surface area (Å²) in [7, 11) is 3.97. The van der Waals surface area contributed by atoms with E-state index in [1.54, 1.807) is 17.2 Å². The molecule has 4 heterocycles. The van der Waals surface area contributed by atoms with Crippen molar-refractivity contribution < 1.29 is 4.79 Å². The molecule has 9 heteroatoms. The van der Waals surface area contributed by atoms with Gasteiger partial charge < -0.3 is 20.1 Å². The van der Waals surface area contributed by atoms with Gasteiger partial charge in [0.2, 0.25) is 0 Å². The number of H-pyrrole nitrogens is 1. The highest BCUT2D eigenvalue weighted by Gasteiger charge is 2.59. The molecular weight excluding hydrogens is 380 g/mol. The normalized spacial score (nSPS) is 28.1. The lowest BCUT2D eigenvalue weighted by molar-refractivity contribution is 0.184. The lowest BCUT2D eigenvalue weighted by atomic mass is 9.71. The molecule has 0 bridgehead atoms. The number of hydrogen-bond acceptors (Lipinski definition) is 5. The summed E-state index contributed by atoms with van der Waals surface area (Å²) < 4.78 is 1.69. The second-order valence-electron chi connectivity index (χ2n) is 9.42. The maximum Gasteiger partial charge on any atom is 0.321 e. The van der Waals surface area contributed by atoms with Crippen LogP contribution in [-0.2, 0) is 7.05 Å². The van der Waals surface area contributed by atoms with Gasteiger partial charge in [0.25, 0.3) is 0 Å². The van der Waals surface area contributed by atoms with E-state index in [1.807, 2.05) is 30.4 Å². The number of anilines is 2. The van der Waals surface area contributed by atoms with E-state index >= 15 is 0 Å². The molecule has 2 aliphatic rings. The molecule has 0 aromatic carbocycles. The lowest BCUT2D eigenvalue weighted by Crippen LogP contribution is -2.38. The topological polar surface area (TPSA) is 95.0 Å². The van der Waals surface area contributed by atoms with Crippen LogP contribution in [0.2, 0.25) is 0 Å². The number of aromatic nitrogens is 5. The molecule has 1 aliphatic carbocycles. The Hall–Kier alpha value is -3.10. The van der Waals surface area contributed by atoms with Gasteiger partial charge >= 0.3 is 6.03 Å². The van der Waals surface area contributed by atoms with Crippen LogP contribution < -0.4 is 10.2 Å². The summed E-state index contributed by atoms with van der Waals surface area (Å²) in [5.74, 6) is 0.963. The van der Waals surface area contributed by atoms with Crippen LogP contribution in [0.15, 0.2) is 31.0 Å². The van der Waals surface area contributed by atoms with Crippen molar-refractivity contribution in [3.8, 4) is 0 Å². The number of nitrogens with zero attached hydrogens (tertiary/aromatic N) is 6. The summed E-state index contributed by atoms with van der Waals surface area (Å²) in [6.45, 7) is 6.15. The molecule has 2 fully saturated rings. The van der Waals surface area contributed by atoms with Crippen molar-refractivity contribution in [2.45, 2.75) is 32.7 Å². The molecule has 0 spiro atoms. The molecule has 1 saturated heterocycles. The predicted octanol–water partition coefficient (Wildman–Crippen LogP) is 2.85. The van der Waals surface area contributed by atoms with Gasteiger partial charge in [0.15, 0.2) is 0 Å². The SMILES string of the molecule is CN(c1ncnc2[nH]ccc12)[C@@H]1C[C@@]2(C)CN(C(=O)Nc3cnn(C)c3)C[C@@]2(C)C1.